The third kappa shape index (κ3) is 8.96. The lowest BCUT2D eigenvalue weighted by Gasteiger charge is -2.14. The topological polar surface area (TPSA) is 72.5 Å². The zero-order valence-electron chi connectivity index (χ0n) is 12.9. The average molecular weight is 303 g/mol. The fourth-order valence-electron chi connectivity index (χ4n) is 1.33. The van der Waals surface area contributed by atoms with Gasteiger partial charge in [-0.05, 0) is 20.3 Å². The van der Waals surface area contributed by atoms with Gasteiger partial charge in [-0.3, -0.25) is 14.4 Å². The van der Waals surface area contributed by atoms with E-state index >= 15 is 0 Å². The highest BCUT2D eigenvalue weighted by molar-refractivity contribution is 8.14. The van der Waals surface area contributed by atoms with Crippen molar-refractivity contribution in [3.05, 3.63) is 0 Å². The van der Waals surface area contributed by atoms with Gasteiger partial charge in [0.25, 0.3) is 0 Å². The Kier molecular flexibility index (Phi) is 9.29. The quantitative estimate of drug-likeness (QED) is 0.549. The molecule has 0 rings (SSSR count). The molecule has 116 valence electrons. The highest BCUT2D eigenvalue weighted by Crippen LogP contribution is 2.14. The lowest BCUT2D eigenvalue weighted by Crippen LogP contribution is -2.33. The SMILES string of the molecule is CCC(C)C(=O)NCC(C)SC(=O)CC(=O)OC(C)C. The van der Waals surface area contributed by atoms with Gasteiger partial charge in [0, 0.05) is 17.7 Å². The van der Waals surface area contributed by atoms with Crippen molar-refractivity contribution in [2.75, 3.05) is 6.54 Å². The molecule has 0 aliphatic carbocycles. The van der Waals surface area contributed by atoms with Crippen LogP contribution in [0.5, 0.6) is 0 Å². The van der Waals surface area contributed by atoms with Gasteiger partial charge in [-0.15, -0.1) is 0 Å². The van der Waals surface area contributed by atoms with Crippen molar-refractivity contribution in [3.8, 4) is 0 Å². The second-order valence-corrected chi connectivity index (χ2v) is 6.57. The number of esters is 1. The first-order valence-electron chi connectivity index (χ1n) is 6.92. The van der Waals surface area contributed by atoms with Crippen LogP contribution in [-0.4, -0.2) is 34.9 Å². The number of thioether (sulfide) groups is 1. The second-order valence-electron chi connectivity index (χ2n) is 5.07. The summed E-state index contributed by atoms with van der Waals surface area (Å²) in [5.41, 5.74) is 0. The van der Waals surface area contributed by atoms with Gasteiger partial charge in [0.15, 0.2) is 5.12 Å². The Morgan fingerprint density at radius 2 is 1.75 bits per heavy atom. The number of nitrogens with one attached hydrogen (secondary N) is 1. The van der Waals surface area contributed by atoms with Crippen molar-refractivity contribution in [1.29, 1.82) is 0 Å². The van der Waals surface area contributed by atoms with E-state index in [4.69, 9.17) is 4.74 Å². The van der Waals surface area contributed by atoms with Gasteiger partial charge in [-0.25, -0.2) is 0 Å². The van der Waals surface area contributed by atoms with E-state index in [2.05, 4.69) is 5.32 Å². The summed E-state index contributed by atoms with van der Waals surface area (Å²) in [6, 6.07) is 0. The average Bonchev–Trinajstić information content (AvgIpc) is 2.33. The maximum Gasteiger partial charge on any atom is 0.314 e. The fourth-order valence-corrected chi connectivity index (χ4v) is 2.15. The van der Waals surface area contributed by atoms with E-state index in [1.165, 1.54) is 0 Å². The van der Waals surface area contributed by atoms with E-state index in [9.17, 15) is 14.4 Å². The molecule has 1 amide bonds. The Labute approximate surface area is 125 Å². The summed E-state index contributed by atoms with van der Waals surface area (Å²) in [5, 5.41) is 2.49. The molecule has 20 heavy (non-hydrogen) atoms. The molecule has 2 atom stereocenters. The summed E-state index contributed by atoms with van der Waals surface area (Å²) in [7, 11) is 0. The highest BCUT2D eigenvalue weighted by Gasteiger charge is 2.17. The van der Waals surface area contributed by atoms with Crippen molar-refractivity contribution in [3.63, 3.8) is 0 Å². The van der Waals surface area contributed by atoms with E-state index < -0.39 is 5.97 Å². The first-order chi connectivity index (χ1) is 9.26. The number of hydrogen-bond acceptors (Lipinski definition) is 5. The first-order valence-corrected chi connectivity index (χ1v) is 7.80. The molecule has 0 saturated heterocycles. The molecule has 0 aliphatic rings. The van der Waals surface area contributed by atoms with E-state index in [1.54, 1.807) is 13.8 Å². The van der Waals surface area contributed by atoms with Crippen LogP contribution in [0.1, 0.15) is 47.5 Å². The summed E-state index contributed by atoms with van der Waals surface area (Å²) >= 11 is 1.06. The Hall–Kier alpha value is -1.04. The monoisotopic (exact) mass is 303 g/mol. The summed E-state index contributed by atoms with van der Waals surface area (Å²) in [6.07, 6.45) is 0.340. The normalized spacial score (nSPS) is 13.7. The molecule has 5 nitrogen and oxygen atoms in total. The molecule has 0 aliphatic heterocycles. The Balaban J connectivity index is 3.96. The number of carbonyl (C=O) groups excluding carboxylic acids is 3. The van der Waals surface area contributed by atoms with Crippen molar-refractivity contribution in [2.45, 2.75) is 58.8 Å². The maximum absolute atomic E-state index is 11.6. The first kappa shape index (κ1) is 19.0. The van der Waals surface area contributed by atoms with Crippen LogP contribution >= 0.6 is 11.8 Å². The number of ether oxygens (including phenoxy) is 1. The predicted molar refractivity (Wildman–Crippen MR) is 80.4 cm³/mol. The van der Waals surface area contributed by atoms with Crippen LogP contribution in [0.3, 0.4) is 0 Å². The van der Waals surface area contributed by atoms with Crippen LogP contribution in [0.25, 0.3) is 0 Å². The van der Waals surface area contributed by atoms with Crippen molar-refractivity contribution >= 4 is 28.8 Å². The molecule has 1 N–H and O–H groups in total. The minimum Gasteiger partial charge on any atom is -0.463 e. The number of carbonyl (C=O) groups is 3. The molecule has 0 fully saturated rings. The van der Waals surface area contributed by atoms with E-state index in [1.807, 2.05) is 20.8 Å². The van der Waals surface area contributed by atoms with Crippen LogP contribution in [0.2, 0.25) is 0 Å². The lowest BCUT2D eigenvalue weighted by atomic mass is 10.1. The van der Waals surface area contributed by atoms with Crippen molar-refractivity contribution in [1.82, 2.24) is 5.32 Å². The van der Waals surface area contributed by atoms with Crippen LogP contribution < -0.4 is 5.32 Å². The summed E-state index contributed by atoms with van der Waals surface area (Å²) in [5.74, 6) is -0.538. The summed E-state index contributed by atoms with van der Waals surface area (Å²) < 4.78 is 4.90. The maximum atomic E-state index is 11.6. The molecule has 0 aromatic carbocycles. The molecular formula is C14H25NO4S. The van der Waals surface area contributed by atoms with Gasteiger partial charge in [-0.1, -0.05) is 32.5 Å². The predicted octanol–water partition coefficient (Wildman–Crippen LogP) is 2.14. The van der Waals surface area contributed by atoms with Gasteiger partial charge in [0.2, 0.25) is 5.91 Å². The van der Waals surface area contributed by atoms with Crippen molar-refractivity contribution in [2.24, 2.45) is 5.92 Å². The molecule has 0 bridgehead atoms. The standard InChI is InChI=1S/C14H25NO4S/c1-6-10(4)14(18)15-8-11(5)20-13(17)7-12(16)19-9(2)3/h9-11H,6-8H2,1-5H3,(H,15,18). The molecule has 6 heteroatoms. The van der Waals surface area contributed by atoms with Crippen LogP contribution in [0, 0.1) is 5.92 Å². The smallest absolute Gasteiger partial charge is 0.314 e. The summed E-state index contributed by atoms with van der Waals surface area (Å²) in [6.45, 7) is 9.55. The molecule has 0 aromatic heterocycles. The van der Waals surface area contributed by atoms with E-state index in [0.717, 1.165) is 18.2 Å². The van der Waals surface area contributed by atoms with Gasteiger partial charge in [-0.2, -0.15) is 0 Å². The molecule has 0 heterocycles. The third-order valence-electron chi connectivity index (χ3n) is 2.61. The molecule has 0 aromatic rings. The molecule has 2 unspecified atom stereocenters. The number of amides is 1. The molecular weight excluding hydrogens is 278 g/mol. The lowest BCUT2D eigenvalue weighted by molar-refractivity contribution is -0.148. The second kappa shape index (κ2) is 9.80. The fraction of sp³-hybridized carbons (Fsp3) is 0.786. The Morgan fingerprint density at radius 3 is 2.25 bits per heavy atom. The molecule has 0 spiro atoms. The largest absolute Gasteiger partial charge is 0.463 e. The Morgan fingerprint density at radius 1 is 1.15 bits per heavy atom. The summed E-state index contributed by atoms with van der Waals surface area (Å²) in [4.78, 5) is 34.5. The van der Waals surface area contributed by atoms with Gasteiger partial charge < -0.3 is 10.1 Å². The van der Waals surface area contributed by atoms with Crippen LogP contribution in [-0.2, 0) is 19.1 Å². The third-order valence-corrected chi connectivity index (χ3v) is 3.59. The highest BCUT2D eigenvalue weighted by atomic mass is 32.2. The van der Waals surface area contributed by atoms with Gasteiger partial charge in [0.05, 0.1) is 6.10 Å². The minimum absolute atomic E-state index is 0.00776. The zero-order chi connectivity index (χ0) is 15.7. The number of rotatable bonds is 8. The van der Waals surface area contributed by atoms with Crippen molar-refractivity contribution < 1.29 is 19.1 Å². The minimum atomic E-state index is -0.506. The Bertz CT molecular complexity index is 344. The van der Waals surface area contributed by atoms with E-state index in [0.29, 0.717) is 6.54 Å². The number of hydrogen-bond donors (Lipinski definition) is 1. The van der Waals surface area contributed by atoms with Gasteiger partial charge >= 0.3 is 5.97 Å². The van der Waals surface area contributed by atoms with E-state index in [-0.39, 0.29) is 34.7 Å². The molecule has 0 saturated carbocycles. The van der Waals surface area contributed by atoms with Gasteiger partial charge in [0.1, 0.15) is 6.42 Å². The van der Waals surface area contributed by atoms with Crippen LogP contribution in [0.15, 0.2) is 0 Å². The zero-order valence-corrected chi connectivity index (χ0v) is 13.7. The van der Waals surface area contributed by atoms with Crippen LogP contribution in [0.4, 0.5) is 0 Å². The molecule has 0 radical (unpaired) electrons.